The summed E-state index contributed by atoms with van der Waals surface area (Å²) >= 11 is 0. The van der Waals surface area contributed by atoms with E-state index < -0.39 is 0 Å². The monoisotopic (exact) mass is 332 g/mol. The normalized spacial score (nSPS) is 10.4. The van der Waals surface area contributed by atoms with Gasteiger partial charge in [-0.05, 0) is 49.2 Å². The highest BCUT2D eigenvalue weighted by Gasteiger charge is 2.11. The van der Waals surface area contributed by atoms with Gasteiger partial charge in [0.25, 0.3) is 5.91 Å². The number of nitrogens with one attached hydrogen (secondary N) is 1. The Balaban J connectivity index is 1.73. The molecule has 3 aromatic rings. The molecule has 0 aliphatic heterocycles. The summed E-state index contributed by atoms with van der Waals surface area (Å²) in [5.74, 6) is 0.311. The van der Waals surface area contributed by atoms with E-state index in [2.05, 4.69) is 15.3 Å². The lowest BCUT2D eigenvalue weighted by atomic mass is 10.1. The van der Waals surface area contributed by atoms with Gasteiger partial charge in [-0.15, -0.1) is 0 Å². The molecule has 0 aliphatic carbocycles. The lowest BCUT2D eigenvalue weighted by Crippen LogP contribution is -2.16. The van der Waals surface area contributed by atoms with Crippen LogP contribution in [0.4, 0.5) is 17.3 Å². The molecular formula is C20H20N4O. The van der Waals surface area contributed by atoms with Crippen LogP contribution in [0, 0.1) is 13.8 Å². The molecule has 0 spiro atoms. The first kappa shape index (κ1) is 16.6. The minimum atomic E-state index is -0.225. The number of carbonyl (C=O) groups is 1. The third kappa shape index (κ3) is 3.83. The maximum Gasteiger partial charge on any atom is 0.258 e. The Morgan fingerprint density at radius 2 is 1.64 bits per heavy atom. The van der Waals surface area contributed by atoms with Gasteiger partial charge in [0.1, 0.15) is 0 Å². The number of aryl methyl sites for hydroxylation is 2. The number of benzene rings is 2. The Labute approximate surface area is 147 Å². The van der Waals surface area contributed by atoms with Gasteiger partial charge in [-0.2, -0.15) is 0 Å². The Morgan fingerprint density at radius 3 is 2.28 bits per heavy atom. The van der Waals surface area contributed by atoms with Crippen LogP contribution in [0.5, 0.6) is 0 Å². The molecule has 1 amide bonds. The third-order valence-corrected chi connectivity index (χ3v) is 4.11. The van der Waals surface area contributed by atoms with Crippen LogP contribution in [0.1, 0.15) is 21.5 Å². The SMILES string of the molecule is Cc1ccc(NC(=O)c2cnc(N(C)c3ccccc3)nc2)cc1C. The number of hydrogen-bond donors (Lipinski definition) is 1. The fourth-order valence-corrected chi connectivity index (χ4v) is 2.40. The molecule has 0 fully saturated rings. The quantitative estimate of drug-likeness (QED) is 0.781. The van der Waals surface area contributed by atoms with Gasteiger partial charge in [-0.1, -0.05) is 24.3 Å². The van der Waals surface area contributed by atoms with Crippen LogP contribution in [-0.4, -0.2) is 22.9 Å². The van der Waals surface area contributed by atoms with Crippen molar-refractivity contribution in [1.82, 2.24) is 9.97 Å². The van der Waals surface area contributed by atoms with Crippen molar-refractivity contribution in [2.24, 2.45) is 0 Å². The molecule has 126 valence electrons. The molecule has 0 unspecified atom stereocenters. The van der Waals surface area contributed by atoms with Gasteiger partial charge in [-0.25, -0.2) is 9.97 Å². The van der Waals surface area contributed by atoms with Crippen LogP contribution in [-0.2, 0) is 0 Å². The predicted molar refractivity (Wildman–Crippen MR) is 100 cm³/mol. The smallest absolute Gasteiger partial charge is 0.258 e. The average molecular weight is 332 g/mol. The van der Waals surface area contributed by atoms with E-state index in [-0.39, 0.29) is 5.91 Å². The number of hydrogen-bond acceptors (Lipinski definition) is 4. The second kappa shape index (κ2) is 7.13. The number of amides is 1. The summed E-state index contributed by atoms with van der Waals surface area (Å²) in [5.41, 5.74) is 4.49. The van der Waals surface area contributed by atoms with E-state index in [0.717, 1.165) is 16.9 Å². The van der Waals surface area contributed by atoms with Crippen LogP contribution >= 0.6 is 0 Å². The van der Waals surface area contributed by atoms with Crippen LogP contribution in [0.3, 0.4) is 0 Å². The summed E-state index contributed by atoms with van der Waals surface area (Å²) in [7, 11) is 1.89. The highest BCUT2D eigenvalue weighted by Crippen LogP contribution is 2.19. The molecular weight excluding hydrogens is 312 g/mol. The number of rotatable bonds is 4. The fourth-order valence-electron chi connectivity index (χ4n) is 2.40. The van der Waals surface area contributed by atoms with E-state index in [0.29, 0.717) is 11.5 Å². The van der Waals surface area contributed by atoms with Crippen molar-refractivity contribution in [2.75, 3.05) is 17.3 Å². The van der Waals surface area contributed by atoms with Crippen molar-refractivity contribution in [2.45, 2.75) is 13.8 Å². The molecule has 0 aliphatic rings. The number of nitrogens with zero attached hydrogens (tertiary/aromatic N) is 3. The maximum atomic E-state index is 12.4. The second-order valence-corrected chi connectivity index (χ2v) is 5.92. The summed E-state index contributed by atoms with van der Waals surface area (Å²) in [5, 5.41) is 2.87. The molecule has 0 bridgehead atoms. The molecule has 3 rings (SSSR count). The zero-order chi connectivity index (χ0) is 17.8. The number of para-hydroxylation sites is 1. The molecule has 0 saturated carbocycles. The average Bonchev–Trinajstić information content (AvgIpc) is 2.65. The molecule has 2 aromatic carbocycles. The predicted octanol–water partition coefficient (Wildman–Crippen LogP) is 4.11. The Kier molecular flexibility index (Phi) is 4.75. The van der Waals surface area contributed by atoms with Gasteiger partial charge in [0, 0.05) is 30.8 Å². The van der Waals surface area contributed by atoms with Crippen LogP contribution < -0.4 is 10.2 Å². The van der Waals surface area contributed by atoms with E-state index >= 15 is 0 Å². The Hall–Kier alpha value is -3.21. The van der Waals surface area contributed by atoms with Crippen molar-refractivity contribution in [3.63, 3.8) is 0 Å². The first-order valence-electron chi connectivity index (χ1n) is 8.04. The van der Waals surface area contributed by atoms with Crippen molar-refractivity contribution in [3.8, 4) is 0 Å². The first-order valence-corrected chi connectivity index (χ1v) is 8.04. The maximum absolute atomic E-state index is 12.4. The van der Waals surface area contributed by atoms with E-state index in [1.165, 1.54) is 18.0 Å². The first-order chi connectivity index (χ1) is 12.0. The van der Waals surface area contributed by atoms with Gasteiger partial charge in [0.15, 0.2) is 0 Å². The molecule has 1 heterocycles. The molecule has 25 heavy (non-hydrogen) atoms. The van der Waals surface area contributed by atoms with Crippen molar-refractivity contribution >= 4 is 23.2 Å². The van der Waals surface area contributed by atoms with Crippen LogP contribution in [0.15, 0.2) is 60.9 Å². The van der Waals surface area contributed by atoms with Gasteiger partial charge < -0.3 is 10.2 Å². The lowest BCUT2D eigenvalue weighted by molar-refractivity contribution is 0.102. The van der Waals surface area contributed by atoms with Gasteiger partial charge in [0.05, 0.1) is 5.56 Å². The summed E-state index contributed by atoms with van der Waals surface area (Å²) in [4.78, 5) is 22.8. The largest absolute Gasteiger partial charge is 0.322 e. The number of carbonyl (C=O) groups excluding carboxylic acids is 1. The minimum absolute atomic E-state index is 0.225. The van der Waals surface area contributed by atoms with Crippen molar-refractivity contribution in [3.05, 3.63) is 77.6 Å². The Bertz CT molecular complexity index is 876. The summed E-state index contributed by atoms with van der Waals surface area (Å²) in [6, 6.07) is 15.6. The van der Waals surface area contributed by atoms with Gasteiger partial charge >= 0.3 is 0 Å². The lowest BCUT2D eigenvalue weighted by Gasteiger charge is -2.16. The topological polar surface area (TPSA) is 58.1 Å². The van der Waals surface area contributed by atoms with E-state index in [1.807, 2.05) is 74.3 Å². The number of anilines is 3. The molecule has 0 atom stereocenters. The summed E-state index contributed by atoms with van der Waals surface area (Å²) < 4.78 is 0. The minimum Gasteiger partial charge on any atom is -0.322 e. The molecule has 5 heteroatoms. The van der Waals surface area contributed by atoms with Crippen LogP contribution in [0.25, 0.3) is 0 Å². The number of aromatic nitrogens is 2. The Morgan fingerprint density at radius 1 is 0.960 bits per heavy atom. The molecule has 1 N–H and O–H groups in total. The molecule has 1 aromatic heterocycles. The zero-order valence-corrected chi connectivity index (χ0v) is 14.5. The van der Waals surface area contributed by atoms with Gasteiger partial charge in [0.2, 0.25) is 5.95 Å². The van der Waals surface area contributed by atoms with Crippen molar-refractivity contribution < 1.29 is 4.79 Å². The highest BCUT2D eigenvalue weighted by atomic mass is 16.1. The molecule has 0 radical (unpaired) electrons. The van der Waals surface area contributed by atoms with Crippen molar-refractivity contribution in [1.29, 1.82) is 0 Å². The van der Waals surface area contributed by atoms with E-state index in [1.54, 1.807) is 0 Å². The fraction of sp³-hybridized carbons (Fsp3) is 0.150. The summed E-state index contributed by atoms with van der Waals surface area (Å²) in [6.45, 7) is 4.05. The third-order valence-electron chi connectivity index (χ3n) is 4.11. The standard InChI is InChI=1S/C20H20N4O/c1-14-9-10-17(11-15(14)2)23-19(25)16-12-21-20(22-13-16)24(3)18-7-5-4-6-8-18/h4-13H,1-3H3,(H,23,25). The molecule has 5 nitrogen and oxygen atoms in total. The van der Waals surface area contributed by atoms with Crippen LogP contribution in [0.2, 0.25) is 0 Å². The second-order valence-electron chi connectivity index (χ2n) is 5.92. The zero-order valence-electron chi connectivity index (χ0n) is 14.5. The summed E-state index contributed by atoms with van der Waals surface area (Å²) in [6.07, 6.45) is 3.08. The van der Waals surface area contributed by atoms with Gasteiger partial charge in [-0.3, -0.25) is 4.79 Å². The van der Waals surface area contributed by atoms with E-state index in [9.17, 15) is 4.79 Å². The molecule has 0 saturated heterocycles. The highest BCUT2D eigenvalue weighted by molar-refractivity contribution is 6.04. The van der Waals surface area contributed by atoms with E-state index in [4.69, 9.17) is 0 Å².